The molecule has 1 aromatic carbocycles. The van der Waals surface area contributed by atoms with Crippen LogP contribution < -0.4 is 10.9 Å². The first kappa shape index (κ1) is 14.0. The molecule has 1 N–H and O–H groups in total. The lowest BCUT2D eigenvalue weighted by atomic mass is 10.1. The minimum atomic E-state index is -0.153. The smallest absolute Gasteiger partial charge is 0.275 e. The minimum Gasteiger partial charge on any atom is -0.360 e. The van der Waals surface area contributed by atoms with Gasteiger partial charge in [0.15, 0.2) is 0 Å². The zero-order valence-corrected chi connectivity index (χ0v) is 12.9. The van der Waals surface area contributed by atoms with Crippen LogP contribution in [0.3, 0.4) is 0 Å². The highest BCUT2D eigenvalue weighted by Gasteiger charge is 2.06. The number of hydrogen-bond donors (Lipinski definition) is 1. The Hall–Kier alpha value is -1.92. The van der Waals surface area contributed by atoms with Crippen molar-refractivity contribution in [3.8, 4) is 0 Å². The second-order valence-electron chi connectivity index (χ2n) is 4.64. The summed E-state index contributed by atoms with van der Waals surface area (Å²) in [6, 6.07) is 9.22. The monoisotopic (exact) mass is 320 g/mol. The Labute approximate surface area is 130 Å². The van der Waals surface area contributed by atoms with E-state index in [1.165, 1.54) is 27.5 Å². The van der Waals surface area contributed by atoms with Crippen LogP contribution in [0, 0.1) is 6.92 Å². The highest BCUT2D eigenvalue weighted by molar-refractivity contribution is 7.20. The fourth-order valence-electron chi connectivity index (χ4n) is 1.96. The van der Waals surface area contributed by atoms with Gasteiger partial charge < -0.3 is 5.32 Å². The maximum absolute atomic E-state index is 11.8. The van der Waals surface area contributed by atoms with Crippen LogP contribution in [0.2, 0.25) is 5.02 Å². The fourth-order valence-corrected chi connectivity index (χ4v) is 2.96. The Morgan fingerprint density at radius 1 is 1.33 bits per heavy atom. The van der Waals surface area contributed by atoms with Crippen molar-refractivity contribution in [3.05, 3.63) is 57.0 Å². The van der Waals surface area contributed by atoms with Gasteiger partial charge >= 0.3 is 0 Å². The molecule has 0 aliphatic rings. The van der Waals surface area contributed by atoms with Crippen LogP contribution in [-0.4, -0.2) is 21.1 Å². The highest BCUT2D eigenvalue weighted by Crippen LogP contribution is 2.16. The van der Waals surface area contributed by atoms with Gasteiger partial charge in [0.1, 0.15) is 0 Å². The summed E-state index contributed by atoms with van der Waals surface area (Å²) in [5.41, 5.74) is 1.75. The molecule has 0 unspecified atom stereocenters. The maximum Gasteiger partial charge on any atom is 0.275 e. The number of aryl methyl sites for hydroxylation is 1. The van der Waals surface area contributed by atoms with Crippen molar-refractivity contribution in [2.24, 2.45) is 0 Å². The number of halogens is 1. The number of fused-ring (bicyclic) bond motifs is 1. The number of benzene rings is 1. The van der Waals surface area contributed by atoms with Gasteiger partial charge in [-0.2, -0.15) is 4.52 Å². The summed E-state index contributed by atoms with van der Waals surface area (Å²) in [4.78, 5) is 16.7. The Morgan fingerprint density at radius 3 is 2.86 bits per heavy atom. The number of nitrogens with one attached hydrogen (secondary N) is 1. The molecule has 5 nitrogen and oxygen atoms in total. The van der Waals surface area contributed by atoms with Gasteiger partial charge in [-0.15, -0.1) is 5.10 Å². The maximum atomic E-state index is 11.8. The predicted octanol–water partition coefficient (Wildman–Crippen LogP) is 2.77. The molecule has 7 heteroatoms. The van der Waals surface area contributed by atoms with Crippen LogP contribution in [0.4, 0.5) is 5.13 Å². The Bertz CT molecular complexity index is 825. The minimum absolute atomic E-state index is 0.153. The number of hydrogen-bond acceptors (Lipinski definition) is 5. The quantitative estimate of drug-likeness (QED) is 0.803. The van der Waals surface area contributed by atoms with Crippen molar-refractivity contribution in [3.63, 3.8) is 0 Å². The first-order valence-electron chi connectivity index (χ1n) is 6.48. The molecule has 2 heterocycles. The normalized spacial score (nSPS) is 11.0. The lowest BCUT2D eigenvalue weighted by molar-refractivity contribution is 0.884. The SMILES string of the molecule is Cc1cc(=O)n2nc(NCCc3ccc(Cl)cc3)sc2n1. The second kappa shape index (κ2) is 5.83. The van der Waals surface area contributed by atoms with Crippen molar-refractivity contribution < 1.29 is 0 Å². The molecule has 3 aromatic rings. The molecule has 0 spiro atoms. The molecule has 0 saturated carbocycles. The summed E-state index contributed by atoms with van der Waals surface area (Å²) in [6.07, 6.45) is 0.856. The van der Waals surface area contributed by atoms with E-state index in [1.54, 1.807) is 6.92 Å². The van der Waals surface area contributed by atoms with Gasteiger partial charge in [0, 0.05) is 23.3 Å². The highest BCUT2D eigenvalue weighted by atomic mass is 35.5. The molecule has 3 rings (SSSR count). The van der Waals surface area contributed by atoms with Crippen molar-refractivity contribution >= 4 is 33.0 Å². The molecule has 0 radical (unpaired) electrons. The van der Waals surface area contributed by atoms with Crippen molar-refractivity contribution in [2.45, 2.75) is 13.3 Å². The van der Waals surface area contributed by atoms with Crippen LogP contribution in [-0.2, 0) is 6.42 Å². The van der Waals surface area contributed by atoms with Crippen LogP contribution in [0.25, 0.3) is 4.96 Å². The standard InChI is InChI=1S/C14H13ClN4OS/c1-9-8-12(20)19-14(17-9)21-13(18-19)16-7-6-10-2-4-11(15)5-3-10/h2-5,8H,6-7H2,1H3,(H,16,18). The fraction of sp³-hybridized carbons (Fsp3) is 0.214. The predicted molar refractivity (Wildman–Crippen MR) is 85.5 cm³/mol. The van der Waals surface area contributed by atoms with Crippen LogP contribution >= 0.6 is 22.9 Å². The Balaban J connectivity index is 1.69. The van der Waals surface area contributed by atoms with E-state index in [2.05, 4.69) is 15.4 Å². The molecule has 0 atom stereocenters. The Morgan fingerprint density at radius 2 is 2.10 bits per heavy atom. The number of nitrogens with zero attached hydrogens (tertiary/aromatic N) is 3. The van der Waals surface area contributed by atoms with Crippen molar-refractivity contribution in [1.82, 2.24) is 14.6 Å². The topological polar surface area (TPSA) is 59.3 Å². The number of rotatable bonds is 4. The van der Waals surface area contributed by atoms with E-state index in [0.29, 0.717) is 15.8 Å². The van der Waals surface area contributed by atoms with E-state index in [4.69, 9.17) is 11.6 Å². The molecule has 0 bridgehead atoms. The molecular formula is C14H13ClN4OS. The third-order valence-corrected chi connectivity index (χ3v) is 4.09. The zero-order chi connectivity index (χ0) is 14.8. The third kappa shape index (κ3) is 3.22. The lowest BCUT2D eigenvalue weighted by Gasteiger charge is -2.02. The number of aromatic nitrogens is 3. The molecule has 21 heavy (non-hydrogen) atoms. The van der Waals surface area contributed by atoms with Gasteiger partial charge in [0.05, 0.1) is 0 Å². The molecule has 0 fully saturated rings. The second-order valence-corrected chi connectivity index (χ2v) is 6.03. The first-order chi connectivity index (χ1) is 10.1. The van der Waals surface area contributed by atoms with Crippen LogP contribution in [0.15, 0.2) is 35.1 Å². The summed E-state index contributed by atoms with van der Waals surface area (Å²) in [5, 5.41) is 8.87. The van der Waals surface area contributed by atoms with Gasteiger partial charge in [-0.3, -0.25) is 4.79 Å². The van der Waals surface area contributed by atoms with Crippen molar-refractivity contribution in [1.29, 1.82) is 0 Å². The van der Waals surface area contributed by atoms with Crippen molar-refractivity contribution in [2.75, 3.05) is 11.9 Å². The van der Waals surface area contributed by atoms with E-state index in [9.17, 15) is 4.79 Å². The van der Waals surface area contributed by atoms with E-state index in [1.807, 2.05) is 24.3 Å². The molecule has 0 amide bonds. The third-order valence-electron chi connectivity index (χ3n) is 2.98. The van der Waals surface area contributed by atoms with E-state index in [0.717, 1.165) is 18.0 Å². The zero-order valence-electron chi connectivity index (χ0n) is 11.3. The molecule has 0 saturated heterocycles. The summed E-state index contributed by atoms with van der Waals surface area (Å²) in [7, 11) is 0. The van der Waals surface area contributed by atoms with Gasteiger partial charge in [-0.25, -0.2) is 4.98 Å². The van der Waals surface area contributed by atoms with Gasteiger partial charge in [-0.05, 0) is 31.0 Å². The average molecular weight is 321 g/mol. The van der Waals surface area contributed by atoms with Crippen LogP contribution in [0.1, 0.15) is 11.3 Å². The molecule has 2 aromatic heterocycles. The summed E-state index contributed by atoms with van der Waals surface area (Å²) >= 11 is 7.22. The van der Waals surface area contributed by atoms with Gasteiger partial charge in [0.2, 0.25) is 10.1 Å². The molecule has 108 valence electrons. The van der Waals surface area contributed by atoms with E-state index < -0.39 is 0 Å². The molecular weight excluding hydrogens is 308 g/mol. The number of anilines is 1. The summed E-state index contributed by atoms with van der Waals surface area (Å²) < 4.78 is 1.32. The van der Waals surface area contributed by atoms with Crippen LogP contribution in [0.5, 0.6) is 0 Å². The van der Waals surface area contributed by atoms with Gasteiger partial charge in [-0.1, -0.05) is 35.1 Å². The largest absolute Gasteiger partial charge is 0.360 e. The van der Waals surface area contributed by atoms with E-state index in [-0.39, 0.29) is 5.56 Å². The summed E-state index contributed by atoms with van der Waals surface area (Å²) in [5.74, 6) is 0. The molecule has 0 aliphatic heterocycles. The molecule has 0 aliphatic carbocycles. The van der Waals surface area contributed by atoms with Gasteiger partial charge in [0.25, 0.3) is 5.56 Å². The average Bonchev–Trinajstić information content (AvgIpc) is 2.84. The lowest BCUT2D eigenvalue weighted by Crippen LogP contribution is -2.14. The Kier molecular flexibility index (Phi) is 3.90. The van der Waals surface area contributed by atoms with E-state index >= 15 is 0 Å². The summed E-state index contributed by atoms with van der Waals surface area (Å²) in [6.45, 7) is 2.53. The first-order valence-corrected chi connectivity index (χ1v) is 7.67.